The van der Waals surface area contributed by atoms with Crippen LogP contribution in [0, 0.1) is 6.92 Å². The van der Waals surface area contributed by atoms with Gasteiger partial charge in [-0.15, -0.1) is 0 Å². The van der Waals surface area contributed by atoms with Crippen molar-refractivity contribution in [2.45, 2.75) is 26.3 Å². The van der Waals surface area contributed by atoms with E-state index in [2.05, 4.69) is 0 Å². The summed E-state index contributed by atoms with van der Waals surface area (Å²) >= 11 is 0. The number of aryl methyl sites for hydroxylation is 1. The molecule has 1 atom stereocenters. The van der Waals surface area contributed by atoms with Crippen molar-refractivity contribution in [3.8, 4) is 0 Å². The third-order valence-electron chi connectivity index (χ3n) is 2.55. The molecule has 3 heteroatoms. The van der Waals surface area contributed by atoms with E-state index in [9.17, 15) is 4.79 Å². The maximum absolute atomic E-state index is 11.0. The quantitative estimate of drug-likeness (QED) is 0.823. The first-order valence-corrected chi connectivity index (χ1v) is 5.08. The Kier molecular flexibility index (Phi) is 3.72. The Morgan fingerprint density at radius 1 is 1.53 bits per heavy atom. The van der Waals surface area contributed by atoms with Gasteiger partial charge in [0.15, 0.2) is 0 Å². The first kappa shape index (κ1) is 11.6. The molecule has 0 amide bonds. The molecule has 0 aromatic heterocycles. The van der Waals surface area contributed by atoms with E-state index < -0.39 is 12.0 Å². The fourth-order valence-electron chi connectivity index (χ4n) is 1.64. The molecule has 1 rings (SSSR count). The number of nitrogens with zero attached hydrogens (tertiary/aromatic N) is 1. The normalized spacial score (nSPS) is 12.2. The van der Waals surface area contributed by atoms with Crippen molar-refractivity contribution in [1.82, 2.24) is 0 Å². The second kappa shape index (κ2) is 4.82. The van der Waals surface area contributed by atoms with Crippen LogP contribution in [0.4, 0.5) is 5.69 Å². The lowest BCUT2D eigenvalue weighted by Gasteiger charge is -2.26. The van der Waals surface area contributed by atoms with E-state index in [1.165, 1.54) is 0 Å². The van der Waals surface area contributed by atoms with E-state index in [0.29, 0.717) is 6.42 Å². The van der Waals surface area contributed by atoms with Crippen LogP contribution in [0.15, 0.2) is 24.3 Å². The molecule has 0 aliphatic carbocycles. The highest BCUT2D eigenvalue weighted by molar-refractivity contribution is 5.78. The Bertz CT molecular complexity index is 349. The third-order valence-corrected chi connectivity index (χ3v) is 2.55. The number of hydrogen-bond donors (Lipinski definition) is 1. The Morgan fingerprint density at radius 2 is 2.20 bits per heavy atom. The molecule has 1 unspecified atom stereocenters. The summed E-state index contributed by atoms with van der Waals surface area (Å²) in [6.07, 6.45) is 0.597. The molecule has 1 N–H and O–H groups in total. The second-order valence-electron chi connectivity index (χ2n) is 3.71. The predicted molar refractivity (Wildman–Crippen MR) is 61.3 cm³/mol. The van der Waals surface area contributed by atoms with Gasteiger partial charge in [0, 0.05) is 12.7 Å². The van der Waals surface area contributed by atoms with E-state index in [1.54, 1.807) is 4.90 Å². The van der Waals surface area contributed by atoms with E-state index in [-0.39, 0.29) is 0 Å². The summed E-state index contributed by atoms with van der Waals surface area (Å²) in [5.41, 5.74) is 2.09. The van der Waals surface area contributed by atoms with E-state index in [4.69, 9.17) is 5.11 Å². The van der Waals surface area contributed by atoms with Gasteiger partial charge in [0.2, 0.25) is 0 Å². The summed E-state index contributed by atoms with van der Waals surface area (Å²) in [5, 5.41) is 9.03. The summed E-state index contributed by atoms with van der Waals surface area (Å²) in [5.74, 6) is -0.776. The molecule has 0 saturated carbocycles. The molecule has 0 saturated heterocycles. The number of carbonyl (C=O) groups is 1. The van der Waals surface area contributed by atoms with Gasteiger partial charge in [-0.2, -0.15) is 0 Å². The van der Waals surface area contributed by atoms with Crippen LogP contribution in [-0.4, -0.2) is 24.2 Å². The smallest absolute Gasteiger partial charge is 0.326 e. The Hall–Kier alpha value is -1.51. The van der Waals surface area contributed by atoms with Crippen LogP contribution in [0.25, 0.3) is 0 Å². The molecule has 1 aromatic rings. The molecule has 0 bridgehead atoms. The molecule has 1 aromatic carbocycles. The number of benzene rings is 1. The molecule has 0 spiro atoms. The average Bonchev–Trinajstić information content (AvgIpc) is 2.18. The minimum Gasteiger partial charge on any atom is -0.480 e. The van der Waals surface area contributed by atoms with Gasteiger partial charge in [0.1, 0.15) is 6.04 Å². The van der Waals surface area contributed by atoms with Gasteiger partial charge in [0.25, 0.3) is 0 Å². The second-order valence-corrected chi connectivity index (χ2v) is 3.71. The number of hydrogen-bond acceptors (Lipinski definition) is 2. The fraction of sp³-hybridized carbons (Fsp3) is 0.417. The summed E-state index contributed by atoms with van der Waals surface area (Å²) in [6, 6.07) is 7.41. The van der Waals surface area contributed by atoms with Crippen molar-refractivity contribution in [3.63, 3.8) is 0 Å². The average molecular weight is 207 g/mol. The SMILES string of the molecule is CCC(C(=O)O)N(C)c1cccc(C)c1. The van der Waals surface area contributed by atoms with Crippen LogP contribution in [0.1, 0.15) is 18.9 Å². The van der Waals surface area contributed by atoms with Crippen LogP contribution in [0.2, 0.25) is 0 Å². The lowest BCUT2D eigenvalue weighted by Crippen LogP contribution is -2.37. The molecular formula is C12H17NO2. The highest BCUT2D eigenvalue weighted by atomic mass is 16.4. The molecular weight excluding hydrogens is 190 g/mol. The Balaban J connectivity index is 2.92. The molecule has 82 valence electrons. The van der Waals surface area contributed by atoms with Gasteiger partial charge >= 0.3 is 5.97 Å². The lowest BCUT2D eigenvalue weighted by atomic mass is 10.1. The summed E-state index contributed by atoms with van der Waals surface area (Å²) in [4.78, 5) is 12.8. The highest BCUT2D eigenvalue weighted by Gasteiger charge is 2.20. The first-order chi connectivity index (χ1) is 7.06. The van der Waals surface area contributed by atoms with Gasteiger partial charge in [0.05, 0.1) is 0 Å². The maximum atomic E-state index is 11.0. The van der Waals surface area contributed by atoms with Crippen LogP contribution in [-0.2, 0) is 4.79 Å². The molecule has 0 radical (unpaired) electrons. The minimum atomic E-state index is -0.776. The Labute approximate surface area is 90.3 Å². The number of likely N-dealkylation sites (N-methyl/N-ethyl adjacent to an activating group) is 1. The predicted octanol–water partition coefficient (Wildman–Crippen LogP) is 2.29. The lowest BCUT2D eigenvalue weighted by molar-refractivity contribution is -0.138. The zero-order valence-corrected chi connectivity index (χ0v) is 9.40. The number of carboxylic acids is 1. The topological polar surface area (TPSA) is 40.5 Å². The zero-order valence-electron chi connectivity index (χ0n) is 9.40. The molecule has 0 aliphatic heterocycles. The molecule has 0 heterocycles. The van der Waals surface area contributed by atoms with Gasteiger partial charge < -0.3 is 10.0 Å². The standard InChI is InChI=1S/C12H17NO2/c1-4-11(12(14)15)13(3)10-7-5-6-9(2)8-10/h5-8,11H,4H2,1-3H3,(H,14,15). The third kappa shape index (κ3) is 2.72. The van der Waals surface area contributed by atoms with Crippen molar-refractivity contribution in [3.05, 3.63) is 29.8 Å². The van der Waals surface area contributed by atoms with Gasteiger partial charge in [-0.05, 0) is 31.0 Å². The van der Waals surface area contributed by atoms with Gasteiger partial charge in [-0.3, -0.25) is 0 Å². The van der Waals surface area contributed by atoms with Gasteiger partial charge in [-0.25, -0.2) is 4.79 Å². The highest BCUT2D eigenvalue weighted by Crippen LogP contribution is 2.18. The van der Waals surface area contributed by atoms with E-state index >= 15 is 0 Å². The van der Waals surface area contributed by atoms with Crippen LogP contribution in [0.5, 0.6) is 0 Å². The maximum Gasteiger partial charge on any atom is 0.326 e. The fourth-order valence-corrected chi connectivity index (χ4v) is 1.64. The van der Waals surface area contributed by atoms with Crippen LogP contribution >= 0.6 is 0 Å². The summed E-state index contributed by atoms with van der Waals surface area (Å²) in [6.45, 7) is 3.88. The van der Waals surface area contributed by atoms with Gasteiger partial charge in [-0.1, -0.05) is 19.1 Å². The molecule has 15 heavy (non-hydrogen) atoms. The number of carboxylic acid groups (broad SMARTS) is 1. The van der Waals surface area contributed by atoms with E-state index in [0.717, 1.165) is 11.3 Å². The molecule has 0 aliphatic rings. The van der Waals surface area contributed by atoms with Crippen molar-refractivity contribution in [2.75, 3.05) is 11.9 Å². The molecule has 0 fully saturated rings. The van der Waals surface area contributed by atoms with Crippen LogP contribution < -0.4 is 4.90 Å². The Morgan fingerprint density at radius 3 is 2.67 bits per heavy atom. The first-order valence-electron chi connectivity index (χ1n) is 5.08. The van der Waals surface area contributed by atoms with E-state index in [1.807, 2.05) is 45.2 Å². The molecule has 3 nitrogen and oxygen atoms in total. The number of aliphatic carboxylic acids is 1. The summed E-state index contributed by atoms with van der Waals surface area (Å²) in [7, 11) is 1.82. The van der Waals surface area contributed by atoms with Crippen molar-refractivity contribution < 1.29 is 9.90 Å². The number of rotatable bonds is 4. The summed E-state index contributed by atoms with van der Waals surface area (Å²) < 4.78 is 0. The van der Waals surface area contributed by atoms with Crippen molar-refractivity contribution >= 4 is 11.7 Å². The number of anilines is 1. The zero-order chi connectivity index (χ0) is 11.4. The minimum absolute atomic E-state index is 0.452. The monoisotopic (exact) mass is 207 g/mol. The van der Waals surface area contributed by atoms with Crippen LogP contribution in [0.3, 0.4) is 0 Å². The van der Waals surface area contributed by atoms with Crippen molar-refractivity contribution in [1.29, 1.82) is 0 Å². The largest absolute Gasteiger partial charge is 0.480 e. The van der Waals surface area contributed by atoms with Crippen molar-refractivity contribution in [2.24, 2.45) is 0 Å².